The van der Waals surface area contributed by atoms with Gasteiger partial charge in [-0.2, -0.15) is 0 Å². The van der Waals surface area contributed by atoms with Crippen LogP contribution in [-0.4, -0.2) is 43.3 Å². The van der Waals surface area contributed by atoms with Gasteiger partial charge in [0.1, 0.15) is 0 Å². The fourth-order valence-corrected chi connectivity index (χ4v) is 5.56. The average Bonchev–Trinajstić information content (AvgIpc) is 2.87. The number of aryl methyl sites for hydroxylation is 2. The third kappa shape index (κ3) is 3.77. The molecule has 0 saturated carbocycles. The van der Waals surface area contributed by atoms with Gasteiger partial charge >= 0.3 is 0 Å². The maximum Gasteiger partial charge on any atom is 0.227 e. The first-order valence-corrected chi connectivity index (χ1v) is 10.4. The molecule has 3 rings (SSSR count). The monoisotopic (exact) mass is 335 g/mol. The fourth-order valence-electron chi connectivity index (χ4n) is 3.83. The number of sulfone groups is 1. The van der Waals surface area contributed by atoms with E-state index in [0.717, 1.165) is 18.4 Å². The lowest BCUT2D eigenvalue weighted by Gasteiger charge is -2.27. The van der Waals surface area contributed by atoms with E-state index in [1.54, 1.807) is 4.90 Å². The molecule has 1 heterocycles. The van der Waals surface area contributed by atoms with Crippen LogP contribution in [0, 0.1) is 0 Å². The molecular formula is C18H25NO3S. The molecule has 1 aromatic carbocycles. The maximum atomic E-state index is 12.6. The normalized spacial score (nSPS) is 22.6. The van der Waals surface area contributed by atoms with Crippen molar-refractivity contribution >= 4 is 15.7 Å². The summed E-state index contributed by atoms with van der Waals surface area (Å²) in [6.45, 7) is 2.50. The molecule has 0 radical (unpaired) electrons. The van der Waals surface area contributed by atoms with Gasteiger partial charge in [-0.05, 0) is 55.7 Å². The van der Waals surface area contributed by atoms with Gasteiger partial charge in [0.15, 0.2) is 9.84 Å². The molecule has 1 amide bonds. The van der Waals surface area contributed by atoms with Crippen LogP contribution in [0.5, 0.6) is 0 Å². The summed E-state index contributed by atoms with van der Waals surface area (Å²) in [5, 5.41) is 0. The summed E-state index contributed by atoms with van der Waals surface area (Å²) >= 11 is 0. The lowest BCUT2D eigenvalue weighted by Crippen LogP contribution is -2.41. The second-order valence-corrected chi connectivity index (χ2v) is 8.95. The molecule has 1 aliphatic heterocycles. The van der Waals surface area contributed by atoms with E-state index < -0.39 is 9.84 Å². The molecule has 4 nitrogen and oxygen atoms in total. The maximum absolute atomic E-state index is 12.6. The molecule has 1 saturated heterocycles. The zero-order valence-electron chi connectivity index (χ0n) is 13.8. The van der Waals surface area contributed by atoms with E-state index in [1.807, 2.05) is 6.92 Å². The first kappa shape index (κ1) is 16.5. The number of carbonyl (C=O) groups is 1. The molecule has 1 fully saturated rings. The van der Waals surface area contributed by atoms with Gasteiger partial charge in [-0.25, -0.2) is 8.42 Å². The Morgan fingerprint density at radius 3 is 2.61 bits per heavy atom. The zero-order valence-corrected chi connectivity index (χ0v) is 14.6. The Morgan fingerprint density at radius 2 is 1.96 bits per heavy atom. The molecule has 126 valence electrons. The topological polar surface area (TPSA) is 54.5 Å². The summed E-state index contributed by atoms with van der Waals surface area (Å²) in [5.41, 5.74) is 3.85. The highest BCUT2D eigenvalue weighted by Crippen LogP contribution is 2.23. The number of benzene rings is 1. The summed E-state index contributed by atoms with van der Waals surface area (Å²) in [6.07, 6.45) is 5.68. The van der Waals surface area contributed by atoms with Crippen LogP contribution in [0.4, 0.5) is 0 Å². The molecule has 1 unspecified atom stereocenters. The predicted octanol–water partition coefficient (Wildman–Crippen LogP) is 2.14. The van der Waals surface area contributed by atoms with Crippen LogP contribution in [0.25, 0.3) is 0 Å². The Balaban J connectivity index is 1.70. The summed E-state index contributed by atoms with van der Waals surface area (Å²) in [5.74, 6) is 0.377. The van der Waals surface area contributed by atoms with Crippen LogP contribution >= 0.6 is 0 Å². The lowest BCUT2D eigenvalue weighted by atomic mass is 9.90. The number of carbonyl (C=O) groups excluding carboxylic acids is 1. The van der Waals surface area contributed by atoms with Crippen molar-refractivity contribution in [2.45, 2.75) is 51.5 Å². The molecule has 5 heteroatoms. The zero-order chi connectivity index (χ0) is 16.4. The van der Waals surface area contributed by atoms with E-state index in [4.69, 9.17) is 0 Å². The second-order valence-electron chi connectivity index (χ2n) is 6.72. The van der Waals surface area contributed by atoms with Gasteiger partial charge in [0, 0.05) is 12.6 Å². The van der Waals surface area contributed by atoms with Crippen LogP contribution in [0.1, 0.15) is 42.9 Å². The summed E-state index contributed by atoms with van der Waals surface area (Å²) < 4.78 is 23.3. The number of rotatable bonds is 4. The minimum Gasteiger partial charge on any atom is -0.339 e. The van der Waals surface area contributed by atoms with Gasteiger partial charge in [-0.15, -0.1) is 0 Å². The third-order valence-corrected chi connectivity index (χ3v) is 6.83. The van der Waals surface area contributed by atoms with Crippen LogP contribution in [-0.2, 0) is 33.9 Å². The molecule has 1 atom stereocenters. The highest BCUT2D eigenvalue weighted by atomic mass is 32.2. The Bertz CT molecular complexity index is 696. The molecule has 0 spiro atoms. The Morgan fingerprint density at radius 1 is 1.22 bits per heavy atom. The van der Waals surface area contributed by atoms with Crippen LogP contribution in [0.2, 0.25) is 0 Å². The Hall–Kier alpha value is -1.36. The lowest BCUT2D eigenvalue weighted by molar-refractivity contribution is -0.132. The van der Waals surface area contributed by atoms with Crippen molar-refractivity contribution in [1.29, 1.82) is 0 Å². The summed E-state index contributed by atoms with van der Waals surface area (Å²) in [7, 11) is -2.96. The van der Waals surface area contributed by atoms with Gasteiger partial charge < -0.3 is 4.90 Å². The van der Waals surface area contributed by atoms with E-state index in [9.17, 15) is 13.2 Å². The number of fused-ring (bicyclic) bond motifs is 1. The number of hydrogen-bond acceptors (Lipinski definition) is 3. The molecule has 0 aromatic heterocycles. The van der Waals surface area contributed by atoms with Gasteiger partial charge in [0.2, 0.25) is 5.91 Å². The fraction of sp³-hybridized carbons (Fsp3) is 0.611. The molecule has 0 N–H and O–H groups in total. The van der Waals surface area contributed by atoms with Crippen molar-refractivity contribution in [3.8, 4) is 0 Å². The second kappa shape index (κ2) is 6.63. The van der Waals surface area contributed by atoms with E-state index in [0.29, 0.717) is 19.4 Å². The Kier molecular flexibility index (Phi) is 4.76. The predicted molar refractivity (Wildman–Crippen MR) is 91.2 cm³/mol. The molecule has 0 bridgehead atoms. The summed E-state index contributed by atoms with van der Waals surface area (Å²) in [4.78, 5) is 14.4. The van der Waals surface area contributed by atoms with Crippen molar-refractivity contribution in [2.24, 2.45) is 0 Å². The van der Waals surface area contributed by atoms with Gasteiger partial charge in [0.25, 0.3) is 0 Å². The van der Waals surface area contributed by atoms with E-state index in [1.165, 1.54) is 24.0 Å². The van der Waals surface area contributed by atoms with E-state index in [-0.39, 0.29) is 23.5 Å². The highest BCUT2D eigenvalue weighted by molar-refractivity contribution is 7.91. The number of hydrogen-bond donors (Lipinski definition) is 0. The van der Waals surface area contributed by atoms with Crippen molar-refractivity contribution in [2.75, 3.05) is 18.1 Å². The minimum absolute atomic E-state index is 0.0466. The molecule has 1 aliphatic carbocycles. The number of nitrogens with zero attached hydrogens (tertiary/aromatic N) is 1. The average molecular weight is 335 g/mol. The van der Waals surface area contributed by atoms with E-state index >= 15 is 0 Å². The van der Waals surface area contributed by atoms with Gasteiger partial charge in [-0.1, -0.05) is 18.2 Å². The Labute approximate surface area is 138 Å². The smallest absolute Gasteiger partial charge is 0.227 e. The largest absolute Gasteiger partial charge is 0.339 e. The van der Waals surface area contributed by atoms with Crippen molar-refractivity contribution in [1.82, 2.24) is 4.90 Å². The third-order valence-electron chi connectivity index (χ3n) is 5.08. The van der Waals surface area contributed by atoms with Crippen molar-refractivity contribution in [3.05, 3.63) is 34.9 Å². The quantitative estimate of drug-likeness (QED) is 0.847. The molecule has 2 aliphatic rings. The van der Waals surface area contributed by atoms with Crippen LogP contribution in [0.15, 0.2) is 18.2 Å². The molecule has 1 aromatic rings. The first-order chi connectivity index (χ1) is 11.0. The van der Waals surface area contributed by atoms with E-state index in [2.05, 4.69) is 18.2 Å². The molecule has 23 heavy (non-hydrogen) atoms. The van der Waals surface area contributed by atoms with Gasteiger partial charge in [0.05, 0.1) is 17.9 Å². The SMILES string of the molecule is CCN(C(=O)Cc1ccc2c(c1)CCCC2)C1CCS(=O)(=O)C1. The van der Waals surface area contributed by atoms with Crippen LogP contribution in [0.3, 0.4) is 0 Å². The van der Waals surface area contributed by atoms with Crippen molar-refractivity contribution < 1.29 is 13.2 Å². The standard InChI is InChI=1S/C18H25NO3S/c1-2-19(17-9-10-23(21,22)13-17)18(20)12-14-7-8-15-5-3-4-6-16(15)11-14/h7-8,11,17H,2-6,9-10,12-13H2,1H3. The molecular weight excluding hydrogens is 310 g/mol. The van der Waals surface area contributed by atoms with Gasteiger partial charge in [-0.3, -0.25) is 4.79 Å². The number of likely N-dealkylation sites (N-methyl/N-ethyl adjacent to an activating group) is 1. The minimum atomic E-state index is -2.96. The first-order valence-electron chi connectivity index (χ1n) is 8.59. The van der Waals surface area contributed by atoms with Crippen LogP contribution < -0.4 is 0 Å². The number of amides is 1. The van der Waals surface area contributed by atoms with Crippen molar-refractivity contribution in [3.63, 3.8) is 0 Å². The summed E-state index contributed by atoms with van der Waals surface area (Å²) in [6, 6.07) is 6.25. The highest BCUT2D eigenvalue weighted by Gasteiger charge is 2.33.